The van der Waals surface area contributed by atoms with Crippen molar-refractivity contribution in [2.45, 2.75) is 68.9 Å². The van der Waals surface area contributed by atoms with Crippen LogP contribution < -0.4 is 21.1 Å². The van der Waals surface area contributed by atoms with E-state index in [0.717, 1.165) is 67.2 Å². The third kappa shape index (κ3) is 8.55. The second-order valence-corrected chi connectivity index (χ2v) is 17.8. The zero-order valence-electron chi connectivity index (χ0n) is 34.5. The Morgan fingerprint density at radius 3 is 2.52 bits per heavy atom. The minimum Gasteiger partial charge on any atom is -0.380 e. The Morgan fingerprint density at radius 1 is 1.00 bits per heavy atom. The number of methoxy groups -OCH3 is 1. The van der Waals surface area contributed by atoms with Crippen LogP contribution in [0.1, 0.15) is 67.2 Å². The third-order valence-electron chi connectivity index (χ3n) is 12.1. The maximum absolute atomic E-state index is 13.9. The largest absolute Gasteiger partial charge is 0.380 e. The van der Waals surface area contributed by atoms with Gasteiger partial charge in [0.05, 0.1) is 28.7 Å². The number of carbonyl (C=O) groups is 2. The monoisotopic (exact) mass is 833 g/mol. The fourth-order valence-corrected chi connectivity index (χ4v) is 10.2. The van der Waals surface area contributed by atoms with E-state index in [1.807, 2.05) is 40.3 Å². The molecular formula is C43H51N11O5S. The number of ether oxygens (including phenoxy) is 1. The van der Waals surface area contributed by atoms with Gasteiger partial charge in [0, 0.05) is 82.4 Å². The van der Waals surface area contributed by atoms with Crippen LogP contribution in [0.2, 0.25) is 0 Å². The van der Waals surface area contributed by atoms with Crippen molar-refractivity contribution in [3.63, 3.8) is 0 Å². The smallest absolute Gasteiger partial charge is 0.329 e. The fraction of sp³-hybridized carbons (Fsp3) is 0.465. The zero-order chi connectivity index (χ0) is 42.1. The zero-order valence-corrected chi connectivity index (χ0v) is 35.3. The van der Waals surface area contributed by atoms with E-state index in [-0.39, 0.29) is 36.5 Å². The van der Waals surface area contributed by atoms with E-state index in [2.05, 4.69) is 55.7 Å². The van der Waals surface area contributed by atoms with Gasteiger partial charge in [-0.3, -0.25) is 29.1 Å². The number of benzene rings is 2. The number of hydrogen-bond donors (Lipinski definition) is 2. The van der Waals surface area contributed by atoms with Crippen LogP contribution in [0, 0.1) is 17.2 Å². The molecule has 0 spiro atoms. The molecule has 3 aromatic heterocycles. The van der Waals surface area contributed by atoms with Gasteiger partial charge in [0.1, 0.15) is 16.6 Å². The molecule has 3 aliphatic heterocycles. The number of fused-ring (bicyclic) bond motifs is 2. The van der Waals surface area contributed by atoms with Gasteiger partial charge in [-0.2, -0.15) is 15.3 Å². The topological polar surface area (TPSA) is 184 Å². The number of amides is 3. The summed E-state index contributed by atoms with van der Waals surface area (Å²) < 4.78 is 24.4. The number of pyridine rings is 1. The first-order valence-corrected chi connectivity index (χ1v) is 21.7. The molecule has 6 heterocycles. The van der Waals surface area contributed by atoms with E-state index in [0.29, 0.717) is 65.4 Å². The highest BCUT2D eigenvalue weighted by Crippen LogP contribution is 2.34. The van der Waals surface area contributed by atoms with Gasteiger partial charge in [0.2, 0.25) is 11.9 Å². The summed E-state index contributed by atoms with van der Waals surface area (Å²) in [5.41, 5.74) is 4.72. The van der Waals surface area contributed by atoms with Crippen molar-refractivity contribution in [2.24, 2.45) is 20.0 Å². The second kappa shape index (κ2) is 17.6. The van der Waals surface area contributed by atoms with Crippen molar-refractivity contribution >= 4 is 56.6 Å². The van der Waals surface area contributed by atoms with Crippen molar-refractivity contribution in [2.75, 3.05) is 56.6 Å². The highest BCUT2D eigenvalue weighted by Gasteiger charge is 2.30. The van der Waals surface area contributed by atoms with E-state index in [4.69, 9.17) is 4.74 Å². The normalized spacial score (nSPS) is 18.5. The lowest BCUT2D eigenvalue weighted by molar-refractivity contribution is -0.120. The third-order valence-corrected chi connectivity index (χ3v) is 13.6. The molecule has 16 nitrogen and oxygen atoms in total. The molecule has 3 amide bonds. The lowest BCUT2D eigenvalue weighted by Crippen LogP contribution is -2.49. The maximum atomic E-state index is 13.9. The molecule has 2 aromatic carbocycles. The van der Waals surface area contributed by atoms with Gasteiger partial charge in [-0.1, -0.05) is 13.0 Å². The van der Waals surface area contributed by atoms with Gasteiger partial charge in [-0.05, 0) is 105 Å². The lowest BCUT2D eigenvalue weighted by Gasteiger charge is -2.34. The van der Waals surface area contributed by atoms with Crippen LogP contribution in [-0.4, -0.2) is 102 Å². The van der Waals surface area contributed by atoms with Crippen LogP contribution >= 0.6 is 0 Å². The predicted molar refractivity (Wildman–Crippen MR) is 229 cm³/mol. The number of anilines is 2. The first-order chi connectivity index (χ1) is 29.0. The minimum atomic E-state index is -1.37. The van der Waals surface area contributed by atoms with Crippen LogP contribution in [0.3, 0.4) is 0 Å². The molecule has 3 aliphatic rings. The van der Waals surface area contributed by atoms with Crippen molar-refractivity contribution in [3.05, 3.63) is 81.3 Å². The number of carbonyl (C=O) groups excluding carboxylic acids is 2. The first-order valence-electron chi connectivity index (χ1n) is 20.6. The molecule has 0 aliphatic carbocycles. The van der Waals surface area contributed by atoms with Gasteiger partial charge in [0.15, 0.2) is 5.82 Å². The fourth-order valence-electron chi connectivity index (χ4n) is 8.90. The van der Waals surface area contributed by atoms with Gasteiger partial charge < -0.3 is 15.0 Å². The molecule has 5 aromatic rings. The van der Waals surface area contributed by atoms with Crippen molar-refractivity contribution in [1.82, 2.24) is 38.8 Å². The minimum absolute atomic E-state index is 0.0890. The molecule has 60 heavy (non-hydrogen) atoms. The van der Waals surface area contributed by atoms with E-state index in [1.54, 1.807) is 26.4 Å². The Morgan fingerprint density at radius 2 is 1.78 bits per heavy atom. The molecule has 3 saturated heterocycles. The summed E-state index contributed by atoms with van der Waals surface area (Å²) in [6.07, 6.45) is 6.22. The standard InChI is InChI=1S/C43H51N11O5S/c1-27(25-52-14-9-28(10-15-52)29-6-8-36-37(22-29)51(3)49-40(36)54-18-13-38(55)47-43(54)57)19-31-21-35(7-5-30(31)23-44)60(58)53-16-11-34(12-17-53)46-42-45-24-32-20-33(26-59-4)41(56)50(2)39(32)48-42/h5-8,20-22,24,27-28,34H,9-19,25-26H2,1-4H3,(H,45,46,48)(H,47,55,57). The number of aromatic nitrogens is 5. The highest BCUT2D eigenvalue weighted by atomic mass is 32.2. The van der Waals surface area contributed by atoms with E-state index in [1.165, 1.54) is 15.0 Å². The Hall–Kier alpha value is -5.54. The van der Waals surface area contributed by atoms with Crippen LogP contribution in [-0.2, 0) is 47.6 Å². The molecule has 0 saturated carbocycles. The second-order valence-electron chi connectivity index (χ2n) is 16.3. The Balaban J connectivity index is 0.838. The van der Waals surface area contributed by atoms with E-state index < -0.39 is 17.0 Å². The number of nitrogens with one attached hydrogen (secondary N) is 2. The summed E-state index contributed by atoms with van der Waals surface area (Å²) in [6.45, 7) is 6.83. The molecule has 314 valence electrons. The van der Waals surface area contributed by atoms with Crippen LogP contribution in [0.5, 0.6) is 0 Å². The number of rotatable bonds is 12. The summed E-state index contributed by atoms with van der Waals surface area (Å²) in [6, 6.07) is 15.8. The Bertz CT molecular complexity index is 2570. The van der Waals surface area contributed by atoms with Gasteiger partial charge in [-0.25, -0.2) is 18.3 Å². The number of imide groups is 1. The van der Waals surface area contributed by atoms with Gasteiger partial charge in [0.25, 0.3) is 5.56 Å². The summed E-state index contributed by atoms with van der Waals surface area (Å²) in [7, 11) is 3.77. The average molecular weight is 834 g/mol. The highest BCUT2D eigenvalue weighted by molar-refractivity contribution is 7.82. The molecule has 0 bridgehead atoms. The van der Waals surface area contributed by atoms with Crippen molar-refractivity contribution < 1.29 is 18.5 Å². The van der Waals surface area contributed by atoms with E-state index >= 15 is 0 Å². The summed E-state index contributed by atoms with van der Waals surface area (Å²) in [5.74, 6) is 1.46. The number of nitriles is 1. The summed E-state index contributed by atoms with van der Waals surface area (Å²) in [4.78, 5) is 50.9. The summed E-state index contributed by atoms with van der Waals surface area (Å²) in [5, 5.41) is 22.1. The molecule has 2 atom stereocenters. The Labute approximate surface area is 351 Å². The molecular weight excluding hydrogens is 783 g/mol. The summed E-state index contributed by atoms with van der Waals surface area (Å²) >= 11 is 0. The molecule has 2 N–H and O–H groups in total. The lowest BCUT2D eigenvalue weighted by atomic mass is 9.88. The molecule has 3 fully saturated rings. The SMILES string of the molecule is COCc1cc2cnc(NC3CCN(S(=O)c4ccc(C#N)c(CC(C)CN5CCC(c6ccc7c(N8CCC(=O)NC8=O)nn(C)c7c6)CC5)c4)CC3)nc2n(C)c1=O. The van der Waals surface area contributed by atoms with Crippen molar-refractivity contribution in [1.29, 1.82) is 5.26 Å². The van der Waals surface area contributed by atoms with Gasteiger partial charge in [-0.15, -0.1) is 0 Å². The molecule has 8 rings (SSSR count). The van der Waals surface area contributed by atoms with Crippen LogP contribution in [0.25, 0.3) is 21.9 Å². The number of nitrogens with zero attached hydrogens (tertiary/aromatic N) is 9. The maximum Gasteiger partial charge on any atom is 0.329 e. The predicted octanol–water partition coefficient (Wildman–Crippen LogP) is 4.34. The number of urea groups is 1. The van der Waals surface area contributed by atoms with Crippen molar-refractivity contribution in [3.8, 4) is 6.07 Å². The molecule has 0 radical (unpaired) electrons. The number of piperidine rings is 2. The average Bonchev–Trinajstić information content (AvgIpc) is 3.58. The number of likely N-dealkylation sites (tertiary alicyclic amines) is 1. The quantitative estimate of drug-likeness (QED) is 0.182. The van der Waals surface area contributed by atoms with Gasteiger partial charge >= 0.3 is 6.03 Å². The van der Waals surface area contributed by atoms with E-state index in [9.17, 15) is 23.9 Å². The Kier molecular flexibility index (Phi) is 12.1. The first kappa shape index (κ1) is 41.2. The van der Waals surface area contributed by atoms with Crippen LogP contribution in [0.4, 0.5) is 16.6 Å². The number of aryl methyl sites for hydroxylation is 2. The van der Waals surface area contributed by atoms with Crippen LogP contribution in [0.15, 0.2) is 58.4 Å². The molecule has 2 unspecified atom stereocenters. The molecule has 17 heteroatoms. The number of hydrogen-bond acceptors (Lipinski definition) is 11.